The van der Waals surface area contributed by atoms with E-state index >= 15 is 0 Å². The molecule has 0 amide bonds. The van der Waals surface area contributed by atoms with Crippen LogP contribution in [0.4, 0.5) is 0 Å². The maximum absolute atomic E-state index is 9.00. The zero-order valence-corrected chi connectivity index (χ0v) is 6.65. The van der Waals surface area contributed by atoms with Crippen LogP contribution in [0, 0.1) is 0 Å². The number of aliphatic carboxylic acids is 1. The molecule has 0 aliphatic heterocycles. The van der Waals surface area contributed by atoms with Crippen molar-refractivity contribution in [3.8, 4) is 0 Å². The molecule has 0 aromatic rings. The van der Waals surface area contributed by atoms with Gasteiger partial charge in [0.2, 0.25) is 0 Å². The van der Waals surface area contributed by atoms with Gasteiger partial charge in [-0.1, -0.05) is 6.92 Å². The molecule has 0 saturated carbocycles. The summed E-state index contributed by atoms with van der Waals surface area (Å²) in [5, 5.41) is 7.42. The predicted molar refractivity (Wildman–Crippen MR) is 32.7 cm³/mol. The molecular weight excluding hydrogens is 165 g/mol. The molecular formula is C5H13NNiO2. The third kappa shape index (κ3) is 326. The summed E-state index contributed by atoms with van der Waals surface area (Å²) in [6, 6.07) is 0. The van der Waals surface area contributed by atoms with E-state index in [1.807, 2.05) is 0 Å². The van der Waals surface area contributed by atoms with Crippen molar-refractivity contribution >= 4 is 5.97 Å². The molecule has 0 heterocycles. The standard InChI is InChI=1S/C3H9N.C2H4O2.Ni/c1-2-3-4;1-2(3)4;/h2-4H2,1H3;1H3,(H,3,4);. The van der Waals surface area contributed by atoms with Gasteiger partial charge in [-0.3, -0.25) is 4.79 Å². The number of hydrogen-bond donors (Lipinski definition) is 2. The minimum absolute atomic E-state index is 0. The van der Waals surface area contributed by atoms with E-state index in [2.05, 4.69) is 6.92 Å². The van der Waals surface area contributed by atoms with E-state index in [0.717, 1.165) is 19.9 Å². The predicted octanol–water partition coefficient (Wildman–Crippen LogP) is 0.444. The van der Waals surface area contributed by atoms with E-state index in [1.54, 1.807) is 0 Å². The first-order valence-electron chi connectivity index (χ1n) is 2.54. The van der Waals surface area contributed by atoms with Crippen LogP contribution in [0.2, 0.25) is 0 Å². The van der Waals surface area contributed by atoms with Gasteiger partial charge in [0.1, 0.15) is 0 Å². The molecule has 0 spiro atoms. The second-order valence-corrected chi connectivity index (χ2v) is 1.31. The maximum atomic E-state index is 9.00. The van der Waals surface area contributed by atoms with Gasteiger partial charge in [-0.15, -0.1) is 0 Å². The topological polar surface area (TPSA) is 63.3 Å². The van der Waals surface area contributed by atoms with Crippen LogP contribution < -0.4 is 5.73 Å². The normalized spacial score (nSPS) is 6.11. The minimum atomic E-state index is -0.833. The summed E-state index contributed by atoms with van der Waals surface area (Å²) in [5.41, 5.74) is 5.03. The summed E-state index contributed by atoms with van der Waals surface area (Å²) in [4.78, 5) is 9.00. The van der Waals surface area contributed by atoms with Crippen molar-refractivity contribution in [3.05, 3.63) is 0 Å². The number of carbonyl (C=O) groups is 1. The van der Waals surface area contributed by atoms with Crippen LogP contribution in [0.1, 0.15) is 20.3 Å². The van der Waals surface area contributed by atoms with Crippen molar-refractivity contribution in [2.24, 2.45) is 5.73 Å². The summed E-state index contributed by atoms with van der Waals surface area (Å²) >= 11 is 0. The van der Waals surface area contributed by atoms with Crippen molar-refractivity contribution in [1.82, 2.24) is 0 Å². The van der Waals surface area contributed by atoms with E-state index in [-0.39, 0.29) is 16.5 Å². The van der Waals surface area contributed by atoms with Gasteiger partial charge in [0.25, 0.3) is 5.97 Å². The molecule has 0 fully saturated rings. The molecule has 0 aromatic carbocycles. The Morgan fingerprint density at radius 3 is 1.78 bits per heavy atom. The summed E-state index contributed by atoms with van der Waals surface area (Å²) in [5.74, 6) is -0.833. The van der Waals surface area contributed by atoms with Crippen LogP contribution in [-0.2, 0) is 21.3 Å². The van der Waals surface area contributed by atoms with Crippen molar-refractivity contribution in [2.75, 3.05) is 6.54 Å². The Balaban J connectivity index is -0.0000000720. The molecule has 0 aromatic heterocycles. The number of carboxylic acids is 1. The molecule has 0 aliphatic carbocycles. The van der Waals surface area contributed by atoms with E-state index in [1.165, 1.54) is 0 Å². The van der Waals surface area contributed by atoms with Crippen LogP contribution in [0.15, 0.2) is 0 Å². The minimum Gasteiger partial charge on any atom is -0.481 e. The molecule has 3 nitrogen and oxygen atoms in total. The summed E-state index contributed by atoms with van der Waals surface area (Å²) < 4.78 is 0. The summed E-state index contributed by atoms with van der Waals surface area (Å²) in [7, 11) is 0. The second kappa shape index (κ2) is 15.7. The van der Waals surface area contributed by atoms with E-state index in [9.17, 15) is 0 Å². The fraction of sp³-hybridized carbons (Fsp3) is 0.800. The smallest absolute Gasteiger partial charge is 0.300 e. The second-order valence-electron chi connectivity index (χ2n) is 1.31. The average molecular weight is 178 g/mol. The third-order valence-electron chi connectivity index (χ3n) is 0.289. The number of nitrogens with two attached hydrogens (primary N) is 1. The average Bonchev–Trinajstić information content (AvgIpc) is 1.65. The van der Waals surface area contributed by atoms with Crippen LogP contribution >= 0.6 is 0 Å². The van der Waals surface area contributed by atoms with Crippen LogP contribution in [-0.4, -0.2) is 17.6 Å². The fourth-order valence-corrected chi connectivity index (χ4v) is 0. The Morgan fingerprint density at radius 2 is 1.78 bits per heavy atom. The molecule has 0 radical (unpaired) electrons. The molecule has 0 aliphatic rings. The SMILES string of the molecule is CC(=O)O.CCCN.[Ni]. The monoisotopic (exact) mass is 177 g/mol. The number of rotatable bonds is 1. The van der Waals surface area contributed by atoms with Crippen molar-refractivity contribution < 1.29 is 26.4 Å². The van der Waals surface area contributed by atoms with Gasteiger partial charge in [0, 0.05) is 23.4 Å². The largest absolute Gasteiger partial charge is 0.481 e. The fourth-order valence-electron chi connectivity index (χ4n) is 0. The zero-order valence-electron chi connectivity index (χ0n) is 5.66. The third-order valence-corrected chi connectivity index (χ3v) is 0.289. The van der Waals surface area contributed by atoms with Gasteiger partial charge >= 0.3 is 0 Å². The Bertz CT molecular complexity index is 52.9. The van der Waals surface area contributed by atoms with Crippen molar-refractivity contribution in [2.45, 2.75) is 20.3 Å². The number of hydrogen-bond acceptors (Lipinski definition) is 2. The van der Waals surface area contributed by atoms with Gasteiger partial charge < -0.3 is 10.8 Å². The number of carboxylic acid groups (broad SMARTS) is 1. The van der Waals surface area contributed by atoms with Gasteiger partial charge in [-0.25, -0.2) is 0 Å². The molecule has 0 unspecified atom stereocenters. The van der Waals surface area contributed by atoms with Gasteiger partial charge in [0.05, 0.1) is 0 Å². The first-order chi connectivity index (χ1) is 3.65. The molecule has 4 heteroatoms. The van der Waals surface area contributed by atoms with Crippen molar-refractivity contribution in [3.63, 3.8) is 0 Å². The molecule has 0 bridgehead atoms. The van der Waals surface area contributed by atoms with Gasteiger partial charge in [-0.2, -0.15) is 0 Å². The first kappa shape index (κ1) is 16.0. The van der Waals surface area contributed by atoms with Gasteiger partial charge in [-0.05, 0) is 13.0 Å². The van der Waals surface area contributed by atoms with Crippen molar-refractivity contribution in [1.29, 1.82) is 0 Å². The zero-order chi connectivity index (χ0) is 6.99. The Labute approximate surface area is 65.5 Å². The molecule has 0 rings (SSSR count). The molecule has 0 saturated heterocycles. The van der Waals surface area contributed by atoms with E-state index in [0.29, 0.717) is 0 Å². The van der Waals surface area contributed by atoms with Crippen LogP contribution in [0.3, 0.4) is 0 Å². The molecule has 0 atom stereocenters. The Hall–Kier alpha value is -0.0765. The van der Waals surface area contributed by atoms with E-state index in [4.69, 9.17) is 15.6 Å². The molecule has 3 N–H and O–H groups in total. The molecule has 60 valence electrons. The van der Waals surface area contributed by atoms with Crippen LogP contribution in [0.25, 0.3) is 0 Å². The maximum Gasteiger partial charge on any atom is 0.300 e. The first-order valence-corrected chi connectivity index (χ1v) is 2.54. The summed E-state index contributed by atoms with van der Waals surface area (Å²) in [6.45, 7) is 3.96. The Kier molecular flexibility index (Phi) is 27.8. The van der Waals surface area contributed by atoms with E-state index < -0.39 is 5.97 Å². The molecule has 9 heavy (non-hydrogen) atoms. The van der Waals surface area contributed by atoms with Gasteiger partial charge in [0.15, 0.2) is 0 Å². The van der Waals surface area contributed by atoms with Crippen LogP contribution in [0.5, 0.6) is 0 Å². The Morgan fingerprint density at radius 1 is 1.67 bits per heavy atom. The quantitative estimate of drug-likeness (QED) is 0.572. The summed E-state index contributed by atoms with van der Waals surface area (Å²) in [6.07, 6.45) is 1.10.